The van der Waals surface area contributed by atoms with Gasteiger partial charge in [-0.1, -0.05) is 12.1 Å². The van der Waals surface area contributed by atoms with Gasteiger partial charge in [0.1, 0.15) is 0 Å². The van der Waals surface area contributed by atoms with Crippen molar-refractivity contribution in [1.29, 1.82) is 0 Å². The summed E-state index contributed by atoms with van der Waals surface area (Å²) in [7, 11) is 0. The molecule has 4 N–H and O–H groups in total. The molecule has 0 atom stereocenters. The van der Waals surface area contributed by atoms with Crippen molar-refractivity contribution in [3.8, 4) is 0 Å². The van der Waals surface area contributed by atoms with Crippen molar-refractivity contribution in [3.05, 3.63) is 35.4 Å². The zero-order chi connectivity index (χ0) is 10.4. The van der Waals surface area contributed by atoms with Crippen LogP contribution in [0.2, 0.25) is 0 Å². The number of nitrogen functional groups attached to an aromatic ring is 2. The van der Waals surface area contributed by atoms with E-state index in [0.29, 0.717) is 0 Å². The van der Waals surface area contributed by atoms with E-state index in [9.17, 15) is 0 Å². The number of aryl methyl sites for hydroxylation is 2. The monoisotopic (exact) mass is 198 g/mol. The third kappa shape index (κ3) is 1.11. The first-order valence-corrected chi connectivity index (χ1v) is 5.36. The first kappa shape index (κ1) is 8.60. The van der Waals surface area contributed by atoms with Crippen molar-refractivity contribution in [1.82, 2.24) is 0 Å². The summed E-state index contributed by atoms with van der Waals surface area (Å²) in [4.78, 5) is 0. The largest absolute Gasteiger partial charge is 0.398 e. The second kappa shape index (κ2) is 2.89. The fourth-order valence-electron chi connectivity index (χ4n) is 2.58. The fraction of sp³-hybridized carbons (Fsp3) is 0.231. The molecule has 2 aromatic carbocycles. The Morgan fingerprint density at radius 3 is 1.80 bits per heavy atom. The number of rotatable bonds is 0. The quantitative estimate of drug-likeness (QED) is 0.639. The van der Waals surface area contributed by atoms with Gasteiger partial charge in [-0.2, -0.15) is 0 Å². The van der Waals surface area contributed by atoms with Gasteiger partial charge in [-0.25, -0.2) is 0 Å². The maximum Gasteiger partial charge on any atom is 0.0414 e. The summed E-state index contributed by atoms with van der Waals surface area (Å²) in [5.74, 6) is 0. The van der Waals surface area contributed by atoms with E-state index in [2.05, 4.69) is 12.1 Å². The SMILES string of the molecule is Nc1ccc2c3c(ccc(N)c13)CCC2. The molecule has 0 heterocycles. The fourth-order valence-corrected chi connectivity index (χ4v) is 2.58. The second-order valence-electron chi connectivity index (χ2n) is 4.23. The lowest BCUT2D eigenvalue weighted by Crippen LogP contribution is -2.04. The molecule has 0 unspecified atom stereocenters. The van der Waals surface area contributed by atoms with Crippen molar-refractivity contribution in [2.24, 2.45) is 0 Å². The van der Waals surface area contributed by atoms with Gasteiger partial charge in [0.2, 0.25) is 0 Å². The van der Waals surface area contributed by atoms with Crippen LogP contribution in [-0.4, -0.2) is 0 Å². The normalized spacial score (nSPS) is 14.4. The van der Waals surface area contributed by atoms with Crippen molar-refractivity contribution in [2.75, 3.05) is 11.5 Å². The summed E-state index contributed by atoms with van der Waals surface area (Å²) >= 11 is 0. The van der Waals surface area contributed by atoms with E-state index in [1.54, 1.807) is 0 Å². The van der Waals surface area contributed by atoms with E-state index >= 15 is 0 Å². The topological polar surface area (TPSA) is 52.0 Å². The van der Waals surface area contributed by atoms with E-state index in [-0.39, 0.29) is 0 Å². The van der Waals surface area contributed by atoms with Crippen LogP contribution in [0.1, 0.15) is 17.5 Å². The molecule has 2 heteroatoms. The lowest BCUT2D eigenvalue weighted by molar-refractivity contribution is 0.808. The van der Waals surface area contributed by atoms with Gasteiger partial charge in [0, 0.05) is 16.8 Å². The predicted octanol–water partition coefficient (Wildman–Crippen LogP) is 2.49. The van der Waals surface area contributed by atoms with Crippen LogP contribution in [0.3, 0.4) is 0 Å². The summed E-state index contributed by atoms with van der Waals surface area (Å²) in [5.41, 5.74) is 16.4. The molecular weight excluding hydrogens is 184 g/mol. The Morgan fingerprint density at radius 2 is 1.27 bits per heavy atom. The van der Waals surface area contributed by atoms with Crippen LogP contribution in [0.25, 0.3) is 10.8 Å². The summed E-state index contributed by atoms with van der Waals surface area (Å²) in [6.07, 6.45) is 3.52. The van der Waals surface area contributed by atoms with E-state index in [4.69, 9.17) is 11.5 Å². The highest BCUT2D eigenvalue weighted by Gasteiger charge is 2.14. The van der Waals surface area contributed by atoms with E-state index < -0.39 is 0 Å². The molecule has 3 rings (SSSR count). The van der Waals surface area contributed by atoms with Crippen molar-refractivity contribution >= 4 is 22.1 Å². The van der Waals surface area contributed by atoms with E-state index in [0.717, 1.165) is 29.6 Å². The molecule has 2 aromatic rings. The van der Waals surface area contributed by atoms with Crippen LogP contribution >= 0.6 is 0 Å². The average molecular weight is 198 g/mol. The third-order valence-electron chi connectivity index (χ3n) is 3.29. The first-order chi connectivity index (χ1) is 7.27. The smallest absolute Gasteiger partial charge is 0.0414 e. The minimum absolute atomic E-state index is 0.801. The number of hydrogen-bond donors (Lipinski definition) is 2. The molecule has 15 heavy (non-hydrogen) atoms. The van der Waals surface area contributed by atoms with Gasteiger partial charge in [0.15, 0.2) is 0 Å². The average Bonchev–Trinajstić information content (AvgIpc) is 2.25. The molecule has 1 aliphatic carbocycles. The zero-order valence-corrected chi connectivity index (χ0v) is 8.59. The van der Waals surface area contributed by atoms with Crippen LogP contribution in [0.15, 0.2) is 24.3 Å². The molecular formula is C13H14N2. The van der Waals surface area contributed by atoms with Gasteiger partial charge in [-0.05, 0) is 47.9 Å². The number of anilines is 2. The summed E-state index contributed by atoms with van der Waals surface area (Å²) < 4.78 is 0. The van der Waals surface area contributed by atoms with Crippen molar-refractivity contribution in [2.45, 2.75) is 19.3 Å². The van der Waals surface area contributed by atoms with E-state index in [1.807, 2.05) is 12.1 Å². The molecule has 0 bridgehead atoms. The van der Waals surface area contributed by atoms with Gasteiger partial charge < -0.3 is 11.5 Å². The summed E-state index contributed by atoms with van der Waals surface area (Å²) in [5, 5.41) is 2.37. The van der Waals surface area contributed by atoms with Crippen LogP contribution in [0.4, 0.5) is 11.4 Å². The Labute approximate surface area is 88.9 Å². The van der Waals surface area contributed by atoms with Crippen LogP contribution < -0.4 is 11.5 Å². The van der Waals surface area contributed by atoms with Gasteiger partial charge in [0.25, 0.3) is 0 Å². The van der Waals surface area contributed by atoms with Gasteiger partial charge in [-0.3, -0.25) is 0 Å². The minimum atomic E-state index is 0.801. The summed E-state index contributed by atoms with van der Waals surface area (Å²) in [6.45, 7) is 0. The number of benzene rings is 2. The molecule has 0 saturated heterocycles. The van der Waals surface area contributed by atoms with Crippen molar-refractivity contribution < 1.29 is 0 Å². The molecule has 0 fully saturated rings. The Bertz CT molecular complexity index is 499. The van der Waals surface area contributed by atoms with Gasteiger partial charge in [-0.15, -0.1) is 0 Å². The maximum atomic E-state index is 5.99. The predicted molar refractivity (Wildman–Crippen MR) is 64.8 cm³/mol. The Morgan fingerprint density at radius 1 is 0.733 bits per heavy atom. The Kier molecular flexibility index (Phi) is 1.66. The molecule has 76 valence electrons. The van der Waals surface area contributed by atoms with E-state index in [1.165, 1.54) is 22.9 Å². The highest BCUT2D eigenvalue weighted by molar-refractivity contribution is 6.05. The molecule has 0 radical (unpaired) electrons. The molecule has 0 spiro atoms. The Hall–Kier alpha value is -1.70. The molecule has 1 aliphatic rings. The van der Waals surface area contributed by atoms with Gasteiger partial charge >= 0.3 is 0 Å². The van der Waals surface area contributed by atoms with Crippen LogP contribution in [-0.2, 0) is 12.8 Å². The lowest BCUT2D eigenvalue weighted by atomic mass is 9.87. The third-order valence-corrected chi connectivity index (χ3v) is 3.29. The molecule has 0 aliphatic heterocycles. The van der Waals surface area contributed by atoms with Crippen molar-refractivity contribution in [3.63, 3.8) is 0 Å². The number of nitrogens with two attached hydrogens (primary N) is 2. The second-order valence-corrected chi connectivity index (χ2v) is 4.23. The Balaban J connectivity index is 2.54. The van der Waals surface area contributed by atoms with Crippen LogP contribution in [0, 0.1) is 0 Å². The molecule has 0 amide bonds. The molecule has 0 aromatic heterocycles. The minimum Gasteiger partial charge on any atom is -0.398 e. The molecule has 2 nitrogen and oxygen atoms in total. The van der Waals surface area contributed by atoms with Gasteiger partial charge in [0.05, 0.1) is 0 Å². The summed E-state index contributed by atoms with van der Waals surface area (Å²) in [6, 6.07) is 8.23. The lowest BCUT2D eigenvalue weighted by Gasteiger charge is -2.19. The zero-order valence-electron chi connectivity index (χ0n) is 8.59. The first-order valence-electron chi connectivity index (χ1n) is 5.36. The highest BCUT2D eigenvalue weighted by atomic mass is 14.6. The standard InChI is InChI=1S/C13H14N2/c14-10-6-4-8-2-1-3-9-5-7-11(15)13(10)12(8)9/h4-7H,1-3,14-15H2. The van der Waals surface area contributed by atoms with Crippen LogP contribution in [0.5, 0.6) is 0 Å². The highest BCUT2D eigenvalue weighted by Crippen LogP contribution is 2.36. The maximum absolute atomic E-state index is 5.99. The molecule has 0 saturated carbocycles. The number of hydrogen-bond acceptors (Lipinski definition) is 2.